The van der Waals surface area contributed by atoms with E-state index in [-0.39, 0.29) is 36.5 Å². The van der Waals surface area contributed by atoms with Gasteiger partial charge >= 0.3 is 0 Å². The molecule has 1 aromatic rings. The van der Waals surface area contributed by atoms with Crippen molar-refractivity contribution in [2.24, 2.45) is 17.8 Å². The van der Waals surface area contributed by atoms with E-state index in [2.05, 4.69) is 5.32 Å². The number of nitrogens with one attached hydrogen (secondary N) is 1. The fourth-order valence-corrected chi connectivity index (χ4v) is 4.79. The van der Waals surface area contributed by atoms with E-state index >= 15 is 0 Å². The molecule has 1 heterocycles. The minimum Gasteiger partial charge on any atom is -0.352 e. The molecule has 1 aromatic carbocycles. The van der Waals surface area contributed by atoms with Crippen LogP contribution in [0.4, 0.5) is 4.39 Å². The molecule has 2 amide bonds. The lowest BCUT2D eigenvalue weighted by Gasteiger charge is -2.31. The van der Waals surface area contributed by atoms with Crippen LogP contribution in [0.25, 0.3) is 0 Å². The first kappa shape index (κ1) is 15.6. The van der Waals surface area contributed by atoms with Crippen LogP contribution in [-0.2, 0) is 16.1 Å². The molecular weight excluding hydrogens is 307 g/mol. The topological polar surface area (TPSA) is 49.4 Å². The van der Waals surface area contributed by atoms with Gasteiger partial charge in [-0.3, -0.25) is 9.59 Å². The van der Waals surface area contributed by atoms with Gasteiger partial charge in [-0.15, -0.1) is 0 Å². The van der Waals surface area contributed by atoms with Crippen LogP contribution in [0, 0.1) is 23.6 Å². The smallest absolute Gasteiger partial charge is 0.225 e. The van der Waals surface area contributed by atoms with Gasteiger partial charge in [0.05, 0.1) is 5.92 Å². The van der Waals surface area contributed by atoms with Gasteiger partial charge in [0.25, 0.3) is 0 Å². The van der Waals surface area contributed by atoms with Crippen LogP contribution in [0.15, 0.2) is 24.3 Å². The second-order valence-electron chi connectivity index (χ2n) is 7.50. The first-order valence-electron chi connectivity index (χ1n) is 8.92. The minimum atomic E-state index is -0.316. The summed E-state index contributed by atoms with van der Waals surface area (Å²) in [5, 5.41) is 2.79. The van der Waals surface area contributed by atoms with E-state index in [0.29, 0.717) is 24.1 Å². The summed E-state index contributed by atoms with van der Waals surface area (Å²) >= 11 is 0. The van der Waals surface area contributed by atoms with Gasteiger partial charge in [0.15, 0.2) is 0 Å². The molecule has 3 fully saturated rings. The predicted octanol–water partition coefficient (Wildman–Crippen LogP) is 2.48. The Morgan fingerprint density at radius 3 is 2.79 bits per heavy atom. The fourth-order valence-electron chi connectivity index (χ4n) is 4.79. The van der Waals surface area contributed by atoms with Crippen molar-refractivity contribution in [3.8, 4) is 0 Å². The summed E-state index contributed by atoms with van der Waals surface area (Å²) in [7, 11) is 0. The summed E-state index contributed by atoms with van der Waals surface area (Å²) in [6.07, 6.45) is 5.18. The van der Waals surface area contributed by atoms with Crippen LogP contribution in [0.3, 0.4) is 0 Å². The Bertz CT molecular complexity index is 663. The Kier molecular flexibility index (Phi) is 4.02. The highest BCUT2D eigenvalue weighted by molar-refractivity contribution is 5.89. The lowest BCUT2D eigenvalue weighted by atomic mass is 9.94. The van der Waals surface area contributed by atoms with E-state index in [9.17, 15) is 14.0 Å². The highest BCUT2D eigenvalue weighted by atomic mass is 19.1. The summed E-state index contributed by atoms with van der Waals surface area (Å²) in [6, 6.07) is 6.78. The molecule has 0 unspecified atom stereocenters. The third kappa shape index (κ3) is 2.80. The Morgan fingerprint density at radius 2 is 2.08 bits per heavy atom. The maximum atomic E-state index is 13.6. The van der Waals surface area contributed by atoms with Gasteiger partial charge in [0, 0.05) is 31.1 Å². The Morgan fingerprint density at radius 1 is 1.25 bits per heavy atom. The standard InChI is InChI=1S/C19H23FN2O2/c20-16-4-2-1-3-14(16)10-21-19(24)15-9-18(23)22(11-15)17-8-12-5-6-13(17)7-12/h1-4,12-13,15,17H,5-11H2,(H,21,24)/t12-,13-,15+,17-/m0/s1. The van der Waals surface area contributed by atoms with Crippen molar-refractivity contribution in [1.82, 2.24) is 10.2 Å². The van der Waals surface area contributed by atoms with Gasteiger partial charge in [0.2, 0.25) is 11.8 Å². The van der Waals surface area contributed by atoms with Gasteiger partial charge in [-0.2, -0.15) is 0 Å². The van der Waals surface area contributed by atoms with Gasteiger partial charge in [-0.05, 0) is 37.2 Å². The van der Waals surface area contributed by atoms with Crippen LogP contribution in [-0.4, -0.2) is 29.3 Å². The second-order valence-corrected chi connectivity index (χ2v) is 7.50. The molecule has 24 heavy (non-hydrogen) atoms. The van der Waals surface area contributed by atoms with Crippen molar-refractivity contribution in [3.05, 3.63) is 35.6 Å². The average Bonchev–Trinajstić information content (AvgIpc) is 3.28. The normalized spacial score (nSPS) is 31.7. The number of rotatable bonds is 4. The third-order valence-electron chi connectivity index (χ3n) is 6.04. The van der Waals surface area contributed by atoms with Gasteiger partial charge < -0.3 is 10.2 Å². The van der Waals surface area contributed by atoms with E-state index < -0.39 is 0 Å². The van der Waals surface area contributed by atoms with Gasteiger partial charge in [-0.25, -0.2) is 4.39 Å². The van der Waals surface area contributed by atoms with Crippen molar-refractivity contribution in [2.75, 3.05) is 6.54 Å². The number of carbonyl (C=O) groups is 2. The second kappa shape index (κ2) is 6.19. The molecule has 0 spiro atoms. The molecule has 1 aliphatic heterocycles. The van der Waals surface area contributed by atoms with E-state index in [4.69, 9.17) is 0 Å². The molecule has 2 bridgehead atoms. The van der Waals surface area contributed by atoms with Crippen molar-refractivity contribution in [3.63, 3.8) is 0 Å². The third-order valence-corrected chi connectivity index (χ3v) is 6.04. The Balaban J connectivity index is 1.34. The van der Waals surface area contributed by atoms with Crippen LogP contribution in [0.5, 0.6) is 0 Å². The summed E-state index contributed by atoms with van der Waals surface area (Å²) in [5.41, 5.74) is 0.472. The molecule has 5 heteroatoms. The molecule has 4 nitrogen and oxygen atoms in total. The largest absolute Gasteiger partial charge is 0.352 e. The van der Waals surface area contributed by atoms with Crippen molar-refractivity contribution < 1.29 is 14.0 Å². The van der Waals surface area contributed by atoms with E-state index in [0.717, 1.165) is 12.3 Å². The quantitative estimate of drug-likeness (QED) is 0.922. The molecule has 2 aliphatic carbocycles. The average molecular weight is 330 g/mol. The number of hydrogen-bond donors (Lipinski definition) is 1. The first-order valence-corrected chi connectivity index (χ1v) is 8.92. The Hall–Kier alpha value is -1.91. The van der Waals surface area contributed by atoms with Crippen LogP contribution in [0.2, 0.25) is 0 Å². The van der Waals surface area contributed by atoms with Crippen LogP contribution < -0.4 is 5.32 Å². The molecule has 3 aliphatic rings. The van der Waals surface area contributed by atoms with E-state index in [1.54, 1.807) is 18.2 Å². The summed E-state index contributed by atoms with van der Waals surface area (Å²) in [4.78, 5) is 26.7. The molecule has 1 N–H and O–H groups in total. The molecule has 2 saturated carbocycles. The number of halogens is 1. The SMILES string of the molecule is O=C(NCc1ccccc1F)[C@@H]1CC(=O)N([C@H]2C[C@H]3CC[C@H]2C3)C1. The fraction of sp³-hybridized carbons (Fsp3) is 0.579. The molecule has 1 saturated heterocycles. The van der Waals surface area contributed by atoms with Crippen molar-refractivity contribution in [2.45, 2.75) is 44.7 Å². The monoisotopic (exact) mass is 330 g/mol. The number of hydrogen-bond acceptors (Lipinski definition) is 2. The molecule has 128 valence electrons. The summed E-state index contributed by atoms with van der Waals surface area (Å²) < 4.78 is 13.6. The highest BCUT2D eigenvalue weighted by Gasteiger charge is 2.47. The van der Waals surface area contributed by atoms with E-state index in [1.807, 2.05) is 4.90 Å². The lowest BCUT2D eigenvalue weighted by Crippen LogP contribution is -2.41. The lowest BCUT2D eigenvalue weighted by molar-refractivity contribution is -0.131. The van der Waals surface area contributed by atoms with Crippen molar-refractivity contribution >= 4 is 11.8 Å². The van der Waals surface area contributed by atoms with Gasteiger partial charge in [-0.1, -0.05) is 24.6 Å². The number of fused-ring (bicyclic) bond motifs is 2. The molecular formula is C19H23FN2O2. The van der Waals surface area contributed by atoms with Crippen LogP contribution in [0.1, 0.15) is 37.7 Å². The summed E-state index contributed by atoms with van der Waals surface area (Å²) in [6.45, 7) is 0.695. The summed E-state index contributed by atoms with van der Waals surface area (Å²) in [5.74, 6) is 0.768. The molecule has 0 aromatic heterocycles. The number of likely N-dealkylation sites (tertiary alicyclic amines) is 1. The van der Waals surface area contributed by atoms with E-state index in [1.165, 1.54) is 25.3 Å². The Labute approximate surface area is 141 Å². The molecule has 0 radical (unpaired) electrons. The zero-order valence-electron chi connectivity index (χ0n) is 13.7. The number of benzene rings is 1. The van der Waals surface area contributed by atoms with Crippen LogP contribution >= 0.6 is 0 Å². The zero-order chi connectivity index (χ0) is 16.7. The van der Waals surface area contributed by atoms with Gasteiger partial charge in [0.1, 0.15) is 5.82 Å². The molecule has 4 rings (SSSR count). The predicted molar refractivity (Wildman–Crippen MR) is 87.3 cm³/mol. The van der Waals surface area contributed by atoms with Crippen molar-refractivity contribution in [1.29, 1.82) is 0 Å². The maximum absolute atomic E-state index is 13.6. The minimum absolute atomic E-state index is 0.110. The number of carbonyl (C=O) groups excluding carboxylic acids is 2. The number of amides is 2. The first-order chi connectivity index (χ1) is 11.6. The number of nitrogens with zero attached hydrogens (tertiary/aromatic N) is 1. The molecule has 4 atom stereocenters. The maximum Gasteiger partial charge on any atom is 0.225 e. The zero-order valence-corrected chi connectivity index (χ0v) is 13.7. The highest BCUT2D eigenvalue weighted by Crippen LogP contribution is 2.47.